The number of hydrogen-bond acceptors (Lipinski definition) is 3. The first-order valence-electron chi connectivity index (χ1n) is 8.47. The normalized spacial score (nSPS) is 21.6. The Labute approximate surface area is 142 Å². The van der Waals surface area contributed by atoms with Crippen LogP contribution in [-0.2, 0) is 11.2 Å². The molecule has 0 unspecified atom stereocenters. The third kappa shape index (κ3) is 3.08. The molecule has 3 rings (SSSR count). The molecule has 1 aliphatic rings. The fourth-order valence-electron chi connectivity index (χ4n) is 3.01. The van der Waals surface area contributed by atoms with Crippen molar-refractivity contribution in [3.05, 3.63) is 35.5 Å². The standard InChI is InChI=1S/C19H26N4O/c1-11-17-14(13-8-6-7-9-15(13)21-17)10-16(20-11)18(24)23-22-12(2)19(3,4)5/h6-9,11,16,20-21H,10H2,1-5H3,(H,23,24)/t11-,16-/m0/s1. The number of carbonyl (C=O) groups is 1. The minimum atomic E-state index is -0.275. The molecule has 1 aliphatic heterocycles. The van der Waals surface area contributed by atoms with E-state index in [9.17, 15) is 4.79 Å². The van der Waals surface area contributed by atoms with Crippen LogP contribution in [0.25, 0.3) is 10.9 Å². The van der Waals surface area contributed by atoms with E-state index in [0.717, 1.165) is 11.2 Å². The third-order valence-corrected chi connectivity index (χ3v) is 4.87. The predicted molar refractivity (Wildman–Crippen MR) is 98.0 cm³/mol. The van der Waals surface area contributed by atoms with Crippen LogP contribution in [0.2, 0.25) is 0 Å². The molecule has 0 saturated carbocycles. The molecular weight excluding hydrogens is 300 g/mol. The van der Waals surface area contributed by atoms with Crippen molar-refractivity contribution in [3.63, 3.8) is 0 Å². The predicted octanol–water partition coefficient (Wildman–Crippen LogP) is 3.28. The summed E-state index contributed by atoms with van der Waals surface area (Å²) in [5.74, 6) is -0.0821. The number of carbonyl (C=O) groups excluding carboxylic acids is 1. The Morgan fingerprint density at radius 3 is 2.71 bits per heavy atom. The summed E-state index contributed by atoms with van der Waals surface area (Å²) in [6.07, 6.45) is 0.666. The first-order valence-corrected chi connectivity index (χ1v) is 8.47. The van der Waals surface area contributed by atoms with E-state index in [1.807, 2.05) is 19.1 Å². The number of aromatic nitrogens is 1. The second kappa shape index (κ2) is 6.06. The van der Waals surface area contributed by atoms with Crippen molar-refractivity contribution in [1.82, 2.24) is 15.7 Å². The molecule has 1 amide bonds. The minimum absolute atomic E-state index is 0.0510. The molecule has 24 heavy (non-hydrogen) atoms. The van der Waals surface area contributed by atoms with E-state index in [1.54, 1.807) is 0 Å². The number of benzene rings is 1. The molecule has 2 atom stereocenters. The largest absolute Gasteiger partial charge is 0.357 e. The van der Waals surface area contributed by atoms with Crippen LogP contribution in [0.1, 0.15) is 51.9 Å². The highest BCUT2D eigenvalue weighted by Gasteiger charge is 2.31. The smallest absolute Gasteiger partial charge is 0.257 e. The van der Waals surface area contributed by atoms with Crippen molar-refractivity contribution in [3.8, 4) is 0 Å². The summed E-state index contributed by atoms with van der Waals surface area (Å²) in [5.41, 5.74) is 7.11. The quantitative estimate of drug-likeness (QED) is 0.585. The lowest BCUT2D eigenvalue weighted by Gasteiger charge is -2.28. The van der Waals surface area contributed by atoms with E-state index in [0.29, 0.717) is 6.42 Å². The van der Waals surface area contributed by atoms with E-state index in [1.165, 1.54) is 16.6 Å². The number of aromatic amines is 1. The van der Waals surface area contributed by atoms with Crippen LogP contribution in [0, 0.1) is 5.41 Å². The number of hydrogen-bond donors (Lipinski definition) is 3. The second-order valence-electron chi connectivity index (χ2n) is 7.63. The van der Waals surface area contributed by atoms with E-state index < -0.39 is 0 Å². The molecule has 1 aromatic heterocycles. The van der Waals surface area contributed by atoms with Gasteiger partial charge in [0.1, 0.15) is 0 Å². The molecule has 0 saturated heterocycles. The van der Waals surface area contributed by atoms with Gasteiger partial charge in [0.25, 0.3) is 5.91 Å². The van der Waals surface area contributed by atoms with Gasteiger partial charge in [-0.2, -0.15) is 5.10 Å². The molecule has 2 aromatic rings. The molecule has 128 valence electrons. The Morgan fingerprint density at radius 1 is 1.29 bits per heavy atom. The van der Waals surface area contributed by atoms with Crippen LogP contribution in [0.15, 0.2) is 29.4 Å². The summed E-state index contributed by atoms with van der Waals surface area (Å²) in [6.45, 7) is 10.3. The van der Waals surface area contributed by atoms with Gasteiger partial charge in [0.2, 0.25) is 0 Å². The Morgan fingerprint density at radius 2 is 2.00 bits per heavy atom. The maximum atomic E-state index is 12.6. The topological polar surface area (TPSA) is 69.3 Å². The monoisotopic (exact) mass is 326 g/mol. The SMILES string of the molecule is CC(=NNC(=O)[C@@H]1Cc2c([nH]c3ccccc23)[C@H](C)N1)C(C)(C)C. The number of nitrogens with zero attached hydrogens (tertiary/aromatic N) is 1. The number of rotatable bonds is 2. The lowest BCUT2D eigenvalue weighted by molar-refractivity contribution is -0.123. The van der Waals surface area contributed by atoms with Crippen molar-refractivity contribution < 1.29 is 4.79 Å². The zero-order valence-electron chi connectivity index (χ0n) is 15.0. The third-order valence-electron chi connectivity index (χ3n) is 4.87. The van der Waals surface area contributed by atoms with E-state index >= 15 is 0 Å². The van der Waals surface area contributed by atoms with Gasteiger partial charge < -0.3 is 4.98 Å². The van der Waals surface area contributed by atoms with Crippen molar-refractivity contribution in [2.24, 2.45) is 10.5 Å². The van der Waals surface area contributed by atoms with Gasteiger partial charge >= 0.3 is 0 Å². The number of nitrogens with one attached hydrogen (secondary N) is 3. The summed E-state index contributed by atoms with van der Waals surface area (Å²) in [4.78, 5) is 16.0. The van der Waals surface area contributed by atoms with Gasteiger partial charge in [-0.1, -0.05) is 39.0 Å². The van der Waals surface area contributed by atoms with Gasteiger partial charge in [-0.05, 0) is 31.9 Å². The highest BCUT2D eigenvalue weighted by Crippen LogP contribution is 2.31. The van der Waals surface area contributed by atoms with Crippen molar-refractivity contribution in [1.29, 1.82) is 0 Å². The first-order chi connectivity index (χ1) is 11.3. The number of para-hydroxylation sites is 1. The maximum Gasteiger partial charge on any atom is 0.257 e. The molecule has 0 fully saturated rings. The summed E-state index contributed by atoms with van der Waals surface area (Å²) in [7, 11) is 0. The van der Waals surface area contributed by atoms with Crippen LogP contribution >= 0.6 is 0 Å². The van der Waals surface area contributed by atoms with Crippen LogP contribution < -0.4 is 10.7 Å². The number of hydrazone groups is 1. The van der Waals surface area contributed by atoms with Crippen molar-refractivity contribution in [2.75, 3.05) is 0 Å². The van der Waals surface area contributed by atoms with Crippen LogP contribution in [-0.4, -0.2) is 22.6 Å². The highest BCUT2D eigenvalue weighted by molar-refractivity contribution is 5.91. The van der Waals surface area contributed by atoms with Gasteiger partial charge in [-0.25, -0.2) is 5.43 Å². The summed E-state index contributed by atoms with van der Waals surface area (Å²) >= 11 is 0. The zero-order chi connectivity index (χ0) is 17.5. The zero-order valence-corrected chi connectivity index (χ0v) is 15.0. The number of H-pyrrole nitrogens is 1. The van der Waals surface area contributed by atoms with Gasteiger partial charge in [0, 0.05) is 33.8 Å². The average molecular weight is 326 g/mol. The molecule has 0 aliphatic carbocycles. The highest BCUT2D eigenvalue weighted by atomic mass is 16.2. The van der Waals surface area contributed by atoms with Gasteiger partial charge in [-0.15, -0.1) is 0 Å². The molecule has 3 N–H and O–H groups in total. The molecule has 0 spiro atoms. The first kappa shape index (κ1) is 16.7. The van der Waals surface area contributed by atoms with E-state index in [-0.39, 0.29) is 23.4 Å². The summed E-state index contributed by atoms with van der Waals surface area (Å²) < 4.78 is 0. The van der Waals surface area contributed by atoms with Gasteiger partial charge in [0.15, 0.2) is 0 Å². The molecule has 5 heteroatoms. The lowest BCUT2D eigenvalue weighted by atomic mass is 9.91. The Hall–Kier alpha value is -2.14. The van der Waals surface area contributed by atoms with E-state index in [4.69, 9.17) is 0 Å². The summed E-state index contributed by atoms with van der Waals surface area (Å²) in [5, 5.41) is 8.86. The minimum Gasteiger partial charge on any atom is -0.357 e. The Bertz CT molecular complexity index is 797. The Balaban J connectivity index is 1.81. The van der Waals surface area contributed by atoms with Crippen LogP contribution in [0.5, 0.6) is 0 Å². The second-order valence-corrected chi connectivity index (χ2v) is 7.63. The van der Waals surface area contributed by atoms with Crippen LogP contribution in [0.4, 0.5) is 0 Å². The van der Waals surface area contributed by atoms with Crippen molar-refractivity contribution in [2.45, 2.75) is 53.1 Å². The summed E-state index contributed by atoms with van der Waals surface area (Å²) in [6, 6.07) is 8.07. The van der Waals surface area contributed by atoms with Crippen molar-refractivity contribution >= 4 is 22.5 Å². The van der Waals surface area contributed by atoms with E-state index in [2.05, 4.69) is 60.7 Å². The van der Waals surface area contributed by atoms with Gasteiger partial charge in [0.05, 0.1) is 6.04 Å². The molecule has 5 nitrogen and oxygen atoms in total. The molecule has 1 aromatic carbocycles. The fourth-order valence-corrected chi connectivity index (χ4v) is 3.01. The lowest BCUT2D eigenvalue weighted by Crippen LogP contribution is -2.48. The maximum absolute atomic E-state index is 12.6. The average Bonchev–Trinajstić information content (AvgIpc) is 2.90. The Kier molecular flexibility index (Phi) is 4.22. The molecule has 0 bridgehead atoms. The van der Waals surface area contributed by atoms with Gasteiger partial charge in [-0.3, -0.25) is 10.1 Å². The molecule has 0 radical (unpaired) electrons. The molecular formula is C19H26N4O. The van der Waals surface area contributed by atoms with Crippen LogP contribution in [0.3, 0.4) is 0 Å². The number of fused-ring (bicyclic) bond motifs is 3. The molecule has 2 heterocycles. The fraction of sp³-hybridized carbons (Fsp3) is 0.474. The number of amides is 1.